The number of hydrogen-bond donors (Lipinski definition) is 2. The van der Waals surface area contributed by atoms with Crippen LogP contribution in [0.5, 0.6) is 0 Å². The quantitative estimate of drug-likeness (QED) is 0.358. The number of amides is 2. The van der Waals surface area contributed by atoms with Crippen LogP contribution in [0.4, 0.5) is 14.9 Å². The van der Waals surface area contributed by atoms with E-state index in [1.54, 1.807) is 12.1 Å². The predicted octanol–water partition coefficient (Wildman–Crippen LogP) is 6.04. The first-order valence-corrected chi connectivity index (χ1v) is 16.2. The predicted molar refractivity (Wildman–Crippen MR) is 165 cm³/mol. The highest BCUT2D eigenvalue weighted by atomic mass is 19.1. The third kappa shape index (κ3) is 5.54. The van der Waals surface area contributed by atoms with Gasteiger partial charge in [0.15, 0.2) is 5.76 Å². The molecule has 4 fully saturated rings. The number of nitrogens with zero attached hydrogens (tertiary/aromatic N) is 3. The van der Waals surface area contributed by atoms with Crippen molar-refractivity contribution in [1.29, 1.82) is 0 Å². The molecule has 7 rings (SSSR count). The zero-order valence-electron chi connectivity index (χ0n) is 25.4. The van der Waals surface area contributed by atoms with Gasteiger partial charge >= 0.3 is 6.03 Å². The van der Waals surface area contributed by atoms with Crippen molar-refractivity contribution < 1.29 is 23.6 Å². The van der Waals surface area contributed by atoms with Crippen molar-refractivity contribution in [2.45, 2.75) is 57.2 Å². The standard InChI is InChI=1S/C35H43FN4O4/c1-43-28-11-12-29-24(17-28)18-30-31(21-41)40(34(42)37-26-9-7-25(36)8-10-26)22-35(33(29)30)13-15-39(16-14-35)20-27-19-32(44-38-27)23-5-3-2-4-6-23/h2-10,19,24,28-31,33,41H,11-18,20-22H2,1H3,(H,37,42)/t24?,28?,29?,30?,31-,33?/m1/s1. The first kappa shape index (κ1) is 29.4. The minimum atomic E-state index is -0.340. The molecule has 234 valence electrons. The van der Waals surface area contributed by atoms with Gasteiger partial charge in [0, 0.05) is 37.5 Å². The number of hydrogen-bond acceptors (Lipinski definition) is 6. The van der Waals surface area contributed by atoms with Gasteiger partial charge in [0.25, 0.3) is 0 Å². The number of urea groups is 1. The lowest BCUT2D eigenvalue weighted by molar-refractivity contribution is -0.0905. The minimum Gasteiger partial charge on any atom is -0.394 e. The number of benzene rings is 2. The van der Waals surface area contributed by atoms with Crippen LogP contribution < -0.4 is 5.32 Å². The van der Waals surface area contributed by atoms with E-state index in [2.05, 4.69) is 15.4 Å². The molecule has 3 aromatic rings. The summed E-state index contributed by atoms with van der Waals surface area (Å²) < 4.78 is 25.0. The number of carbonyl (C=O) groups is 1. The highest BCUT2D eigenvalue weighted by Crippen LogP contribution is 2.62. The number of piperidine rings is 2. The van der Waals surface area contributed by atoms with Crippen LogP contribution in [0.3, 0.4) is 0 Å². The van der Waals surface area contributed by atoms with Crippen LogP contribution in [-0.4, -0.2) is 71.6 Å². The van der Waals surface area contributed by atoms with Crippen LogP contribution in [-0.2, 0) is 11.3 Å². The Labute approximate surface area is 258 Å². The Morgan fingerprint density at radius 1 is 1.09 bits per heavy atom. The van der Waals surface area contributed by atoms with Crippen molar-refractivity contribution in [2.75, 3.05) is 38.7 Å². The van der Waals surface area contributed by atoms with E-state index in [9.17, 15) is 14.3 Å². The second-order valence-electron chi connectivity index (χ2n) is 13.5. The molecule has 1 aromatic heterocycles. The van der Waals surface area contributed by atoms with E-state index in [0.717, 1.165) is 75.2 Å². The Morgan fingerprint density at radius 2 is 1.86 bits per heavy atom. The number of halogens is 1. The van der Waals surface area contributed by atoms with Gasteiger partial charge in [0.05, 0.1) is 24.4 Å². The molecule has 2 saturated heterocycles. The second kappa shape index (κ2) is 12.3. The first-order chi connectivity index (χ1) is 21.5. The van der Waals surface area contributed by atoms with E-state index in [-0.39, 0.29) is 35.8 Å². The summed E-state index contributed by atoms with van der Waals surface area (Å²) in [6.45, 7) is 3.15. The lowest BCUT2D eigenvalue weighted by Gasteiger charge is -2.58. The van der Waals surface area contributed by atoms with Crippen LogP contribution in [0.25, 0.3) is 11.3 Å². The second-order valence-corrected chi connectivity index (χ2v) is 13.5. The van der Waals surface area contributed by atoms with E-state index in [1.807, 2.05) is 48.4 Å². The number of nitrogens with one attached hydrogen (secondary N) is 1. The van der Waals surface area contributed by atoms with Gasteiger partial charge < -0.3 is 24.6 Å². The van der Waals surface area contributed by atoms with E-state index in [1.165, 1.54) is 12.1 Å². The number of carbonyl (C=O) groups excluding carboxylic acids is 1. The molecule has 0 bridgehead atoms. The molecule has 2 saturated carbocycles. The molecule has 2 aliphatic carbocycles. The normalized spacial score (nSPS) is 29.8. The van der Waals surface area contributed by atoms with Gasteiger partial charge in [-0.25, -0.2) is 9.18 Å². The summed E-state index contributed by atoms with van der Waals surface area (Å²) in [7, 11) is 1.82. The fourth-order valence-corrected chi connectivity index (χ4v) is 9.30. The Bertz CT molecular complexity index is 1420. The molecule has 44 heavy (non-hydrogen) atoms. The fraction of sp³-hybridized carbons (Fsp3) is 0.543. The molecule has 8 nitrogen and oxygen atoms in total. The molecule has 3 heterocycles. The molecule has 9 heteroatoms. The third-order valence-electron chi connectivity index (χ3n) is 11.3. The summed E-state index contributed by atoms with van der Waals surface area (Å²) in [4.78, 5) is 18.2. The Kier molecular flexibility index (Phi) is 8.20. The summed E-state index contributed by atoms with van der Waals surface area (Å²) in [5.74, 6) is 2.31. The highest BCUT2D eigenvalue weighted by molar-refractivity contribution is 5.89. The smallest absolute Gasteiger partial charge is 0.322 e. The summed E-state index contributed by atoms with van der Waals surface area (Å²) >= 11 is 0. The largest absolute Gasteiger partial charge is 0.394 e. The Balaban J connectivity index is 1.11. The van der Waals surface area contributed by atoms with E-state index in [4.69, 9.17) is 9.26 Å². The summed E-state index contributed by atoms with van der Waals surface area (Å²) in [6, 6.07) is 17.5. The molecule has 2 aliphatic heterocycles. The van der Waals surface area contributed by atoms with Gasteiger partial charge in [-0.05, 0) is 105 Å². The molecule has 5 unspecified atom stereocenters. The lowest BCUT2D eigenvalue weighted by atomic mass is 9.57. The van der Waals surface area contributed by atoms with Gasteiger partial charge in [-0.2, -0.15) is 0 Å². The monoisotopic (exact) mass is 602 g/mol. The number of fused-ring (bicyclic) bond motifs is 4. The summed E-state index contributed by atoms with van der Waals surface area (Å²) in [6.07, 6.45) is 6.59. The molecule has 2 N–H and O–H groups in total. The fourth-order valence-electron chi connectivity index (χ4n) is 9.30. The number of rotatable bonds is 6. The molecule has 1 spiro atoms. The lowest BCUT2D eigenvalue weighted by Crippen LogP contribution is -2.64. The first-order valence-electron chi connectivity index (χ1n) is 16.2. The molecular weight excluding hydrogens is 559 g/mol. The Hall–Kier alpha value is -3.27. The number of aromatic nitrogens is 1. The van der Waals surface area contributed by atoms with Crippen LogP contribution in [0.1, 0.15) is 44.2 Å². The molecule has 4 aliphatic rings. The van der Waals surface area contributed by atoms with Crippen molar-refractivity contribution in [2.24, 2.45) is 29.1 Å². The van der Waals surface area contributed by atoms with Crippen molar-refractivity contribution in [3.63, 3.8) is 0 Å². The number of aliphatic hydroxyl groups excluding tert-OH is 1. The van der Waals surface area contributed by atoms with Crippen LogP contribution in [0.15, 0.2) is 65.2 Å². The number of ether oxygens (including phenoxy) is 1. The summed E-state index contributed by atoms with van der Waals surface area (Å²) in [5.41, 5.74) is 2.49. The maximum Gasteiger partial charge on any atom is 0.322 e. The molecule has 2 amide bonds. The van der Waals surface area contributed by atoms with Crippen molar-refractivity contribution in [1.82, 2.24) is 15.0 Å². The number of aliphatic hydroxyl groups is 1. The van der Waals surface area contributed by atoms with Crippen molar-refractivity contribution in [3.8, 4) is 11.3 Å². The van der Waals surface area contributed by atoms with Gasteiger partial charge in [-0.15, -0.1) is 0 Å². The topological polar surface area (TPSA) is 91.1 Å². The van der Waals surface area contributed by atoms with Crippen molar-refractivity contribution >= 4 is 11.7 Å². The molecule has 2 aromatic carbocycles. The van der Waals surface area contributed by atoms with Gasteiger partial charge in [0.2, 0.25) is 0 Å². The maximum atomic E-state index is 13.8. The zero-order chi connectivity index (χ0) is 30.3. The highest BCUT2D eigenvalue weighted by Gasteiger charge is 2.61. The third-order valence-corrected chi connectivity index (χ3v) is 11.3. The SMILES string of the molecule is COC1CCC2C(C1)CC1C2C2(CCN(Cc3cc(-c4ccccc4)on3)CC2)CN(C(=O)Nc2ccc(F)cc2)[C@@H]1CO. The summed E-state index contributed by atoms with van der Waals surface area (Å²) in [5, 5.41) is 18.1. The van der Waals surface area contributed by atoms with Crippen LogP contribution in [0, 0.1) is 34.9 Å². The molecular formula is C35H43FN4O4. The molecule has 6 atom stereocenters. The Morgan fingerprint density at radius 3 is 2.59 bits per heavy atom. The maximum absolute atomic E-state index is 13.8. The van der Waals surface area contributed by atoms with Gasteiger partial charge in [0.1, 0.15) is 5.82 Å². The average molecular weight is 603 g/mol. The van der Waals surface area contributed by atoms with Gasteiger partial charge in [-0.3, -0.25) is 4.90 Å². The molecule has 0 radical (unpaired) electrons. The number of methoxy groups -OCH3 is 1. The van der Waals surface area contributed by atoms with Crippen LogP contribution >= 0.6 is 0 Å². The number of likely N-dealkylation sites (tertiary alicyclic amines) is 2. The average Bonchev–Trinajstić information content (AvgIpc) is 3.68. The van der Waals surface area contributed by atoms with E-state index >= 15 is 0 Å². The van der Waals surface area contributed by atoms with Crippen LogP contribution in [0.2, 0.25) is 0 Å². The number of anilines is 1. The van der Waals surface area contributed by atoms with Crippen molar-refractivity contribution in [3.05, 3.63) is 72.2 Å². The van der Waals surface area contributed by atoms with Gasteiger partial charge in [-0.1, -0.05) is 35.5 Å². The zero-order valence-corrected chi connectivity index (χ0v) is 25.4. The van der Waals surface area contributed by atoms with E-state index < -0.39 is 0 Å². The van der Waals surface area contributed by atoms with E-state index in [0.29, 0.717) is 36.1 Å². The minimum absolute atomic E-state index is 0.0225.